The van der Waals surface area contributed by atoms with Crippen LogP contribution in [0.2, 0.25) is 0 Å². The van der Waals surface area contributed by atoms with Crippen molar-refractivity contribution in [2.45, 2.75) is 6.92 Å². The van der Waals surface area contributed by atoms with Gasteiger partial charge in [0.2, 0.25) is 5.82 Å². The van der Waals surface area contributed by atoms with Crippen LogP contribution in [0.3, 0.4) is 0 Å². The van der Waals surface area contributed by atoms with E-state index in [1.807, 2.05) is 6.92 Å². The number of halogens is 1. The molecule has 25 heavy (non-hydrogen) atoms. The number of hydrogen-bond donors (Lipinski definition) is 1. The van der Waals surface area contributed by atoms with Gasteiger partial charge in [0.15, 0.2) is 0 Å². The average molecular weight is 342 g/mol. The Hall–Kier alpha value is -3.62. The smallest absolute Gasteiger partial charge is 0.306 e. The van der Waals surface area contributed by atoms with E-state index in [1.165, 1.54) is 10.6 Å². The van der Waals surface area contributed by atoms with Gasteiger partial charge in [0.05, 0.1) is 4.92 Å². The van der Waals surface area contributed by atoms with E-state index in [2.05, 4.69) is 10.3 Å². The lowest BCUT2D eigenvalue weighted by Gasteiger charge is -2.07. The number of carbonyl (C=O) groups is 1. The zero-order valence-electron chi connectivity index (χ0n) is 12.9. The van der Waals surface area contributed by atoms with Crippen LogP contribution < -0.4 is 10.9 Å². The number of rotatable bonds is 3. The molecule has 9 heteroatoms. The summed E-state index contributed by atoms with van der Waals surface area (Å²) in [5, 5.41) is 13.1. The third kappa shape index (κ3) is 3.07. The molecule has 1 amide bonds. The van der Waals surface area contributed by atoms with Crippen molar-refractivity contribution < 1.29 is 14.1 Å². The molecule has 3 rings (SSSR count). The van der Waals surface area contributed by atoms with E-state index in [0.29, 0.717) is 5.65 Å². The summed E-state index contributed by atoms with van der Waals surface area (Å²) >= 11 is 0. The van der Waals surface area contributed by atoms with Gasteiger partial charge in [0.25, 0.3) is 11.5 Å². The lowest BCUT2D eigenvalue weighted by Crippen LogP contribution is -2.26. The molecular weight excluding hydrogens is 331 g/mol. The van der Waals surface area contributed by atoms with Crippen molar-refractivity contribution in [3.05, 3.63) is 80.1 Å². The quantitative estimate of drug-likeness (QED) is 0.580. The fraction of sp³-hybridized carbons (Fsp3) is 0.0625. The maximum absolute atomic E-state index is 13.3. The molecule has 0 bridgehead atoms. The van der Waals surface area contributed by atoms with Gasteiger partial charge in [-0.3, -0.25) is 24.1 Å². The van der Waals surface area contributed by atoms with Gasteiger partial charge >= 0.3 is 5.69 Å². The summed E-state index contributed by atoms with van der Waals surface area (Å²) < 4.78 is 14.6. The van der Waals surface area contributed by atoms with Gasteiger partial charge in [-0.15, -0.1) is 0 Å². The standard InChI is InChI=1S/C16H11FN4O4/c1-9-4-5-20-14(6-9)18-8-11(16(20)23)15(22)19-10-2-3-12(17)13(7-10)21(24)25/h2-8H,1H3,(H,19,22). The van der Waals surface area contributed by atoms with Crippen molar-refractivity contribution >= 4 is 22.9 Å². The van der Waals surface area contributed by atoms with Crippen LogP contribution in [0.1, 0.15) is 15.9 Å². The number of anilines is 1. The summed E-state index contributed by atoms with van der Waals surface area (Å²) in [6.07, 6.45) is 2.63. The third-order valence-corrected chi connectivity index (χ3v) is 3.51. The van der Waals surface area contributed by atoms with Crippen LogP contribution in [0, 0.1) is 22.9 Å². The average Bonchev–Trinajstić information content (AvgIpc) is 2.56. The summed E-state index contributed by atoms with van der Waals surface area (Å²) in [7, 11) is 0. The van der Waals surface area contributed by atoms with Crippen LogP contribution in [-0.4, -0.2) is 20.2 Å². The van der Waals surface area contributed by atoms with Gasteiger partial charge in [0, 0.05) is 24.1 Å². The first kappa shape index (κ1) is 16.2. The summed E-state index contributed by atoms with van der Waals surface area (Å²) in [6.45, 7) is 1.84. The largest absolute Gasteiger partial charge is 0.322 e. The highest BCUT2D eigenvalue weighted by molar-refractivity contribution is 6.04. The number of hydrogen-bond acceptors (Lipinski definition) is 5. The number of benzene rings is 1. The highest BCUT2D eigenvalue weighted by Crippen LogP contribution is 2.21. The number of amides is 1. The molecule has 0 aliphatic rings. The molecule has 3 aromatic rings. The van der Waals surface area contributed by atoms with E-state index < -0.39 is 27.9 Å². The maximum Gasteiger partial charge on any atom is 0.306 e. The number of nitro groups is 1. The van der Waals surface area contributed by atoms with Crippen LogP contribution in [-0.2, 0) is 0 Å². The molecule has 0 fully saturated rings. The molecule has 8 nitrogen and oxygen atoms in total. The van der Waals surface area contributed by atoms with Crippen LogP contribution in [0.25, 0.3) is 5.65 Å². The molecule has 1 aromatic carbocycles. The second kappa shape index (κ2) is 6.11. The number of carbonyl (C=O) groups excluding carboxylic acids is 1. The minimum absolute atomic E-state index is 0.00787. The van der Waals surface area contributed by atoms with E-state index in [0.717, 1.165) is 30.0 Å². The van der Waals surface area contributed by atoms with E-state index in [-0.39, 0.29) is 11.3 Å². The zero-order valence-corrected chi connectivity index (χ0v) is 12.9. The third-order valence-electron chi connectivity index (χ3n) is 3.51. The summed E-state index contributed by atoms with van der Waals surface area (Å²) in [6, 6.07) is 6.29. The van der Waals surface area contributed by atoms with E-state index in [1.54, 1.807) is 12.1 Å². The predicted molar refractivity (Wildman–Crippen MR) is 87.2 cm³/mol. The molecule has 0 spiro atoms. The van der Waals surface area contributed by atoms with Gasteiger partial charge in [-0.1, -0.05) is 0 Å². The Labute approximate surface area is 139 Å². The Kier molecular flexibility index (Phi) is 3.97. The molecule has 126 valence electrons. The van der Waals surface area contributed by atoms with E-state index in [9.17, 15) is 24.1 Å². The number of nitrogens with one attached hydrogen (secondary N) is 1. The predicted octanol–water partition coefficient (Wildman–Crippen LogP) is 2.30. The Morgan fingerprint density at radius 1 is 1.32 bits per heavy atom. The molecule has 1 N–H and O–H groups in total. The van der Waals surface area contributed by atoms with Gasteiger partial charge in [-0.25, -0.2) is 4.98 Å². The van der Waals surface area contributed by atoms with E-state index in [4.69, 9.17) is 0 Å². The van der Waals surface area contributed by atoms with Crippen molar-refractivity contribution in [1.29, 1.82) is 0 Å². The lowest BCUT2D eigenvalue weighted by atomic mass is 10.2. The maximum atomic E-state index is 13.3. The van der Waals surface area contributed by atoms with Crippen molar-refractivity contribution in [3.8, 4) is 0 Å². The summed E-state index contributed by atoms with van der Waals surface area (Å²) in [4.78, 5) is 38.6. The normalized spacial score (nSPS) is 10.6. The van der Waals surface area contributed by atoms with Crippen LogP contribution in [0.5, 0.6) is 0 Å². The molecule has 2 aromatic heterocycles. The number of nitrogens with zero attached hydrogens (tertiary/aromatic N) is 3. The topological polar surface area (TPSA) is 107 Å². The highest BCUT2D eigenvalue weighted by Gasteiger charge is 2.18. The minimum atomic E-state index is -1.02. The first-order chi connectivity index (χ1) is 11.9. The zero-order chi connectivity index (χ0) is 18.1. The number of nitro benzene ring substituents is 1. The van der Waals surface area contributed by atoms with Gasteiger partial charge in [0.1, 0.15) is 11.2 Å². The Balaban J connectivity index is 1.97. The first-order valence-corrected chi connectivity index (χ1v) is 7.10. The van der Waals surface area contributed by atoms with Crippen LogP contribution in [0.15, 0.2) is 47.5 Å². The van der Waals surface area contributed by atoms with Crippen LogP contribution in [0.4, 0.5) is 15.8 Å². The second-order valence-electron chi connectivity index (χ2n) is 5.29. The van der Waals surface area contributed by atoms with Crippen molar-refractivity contribution in [2.75, 3.05) is 5.32 Å². The fourth-order valence-electron chi connectivity index (χ4n) is 2.26. The van der Waals surface area contributed by atoms with Crippen molar-refractivity contribution in [1.82, 2.24) is 9.38 Å². The molecule has 0 aliphatic heterocycles. The molecule has 2 heterocycles. The number of fused-ring (bicyclic) bond motifs is 1. The van der Waals surface area contributed by atoms with Crippen molar-refractivity contribution in [2.24, 2.45) is 0 Å². The van der Waals surface area contributed by atoms with Crippen molar-refractivity contribution in [3.63, 3.8) is 0 Å². The molecule has 0 saturated heterocycles. The van der Waals surface area contributed by atoms with Crippen LogP contribution >= 0.6 is 0 Å². The number of pyridine rings is 1. The number of aromatic nitrogens is 2. The molecule has 0 atom stereocenters. The van der Waals surface area contributed by atoms with E-state index >= 15 is 0 Å². The monoisotopic (exact) mass is 342 g/mol. The van der Waals surface area contributed by atoms with Gasteiger partial charge in [-0.05, 0) is 36.8 Å². The molecule has 0 radical (unpaired) electrons. The first-order valence-electron chi connectivity index (χ1n) is 7.10. The second-order valence-corrected chi connectivity index (χ2v) is 5.29. The lowest BCUT2D eigenvalue weighted by molar-refractivity contribution is -0.387. The van der Waals surface area contributed by atoms with Gasteiger partial charge in [-0.2, -0.15) is 4.39 Å². The number of aryl methyl sites for hydroxylation is 1. The minimum Gasteiger partial charge on any atom is -0.322 e. The highest BCUT2D eigenvalue weighted by atomic mass is 19.1. The summed E-state index contributed by atoms with van der Waals surface area (Å²) in [5.41, 5.74) is -0.317. The SMILES string of the molecule is Cc1ccn2c(=O)c(C(=O)Nc3ccc(F)c([N+](=O)[O-])c3)cnc2c1. The fourth-order valence-corrected chi connectivity index (χ4v) is 2.26. The summed E-state index contributed by atoms with van der Waals surface area (Å²) in [5.74, 6) is -1.82. The van der Waals surface area contributed by atoms with Gasteiger partial charge < -0.3 is 5.32 Å². The Morgan fingerprint density at radius 3 is 2.80 bits per heavy atom. The molecule has 0 saturated carbocycles. The Bertz CT molecular complexity index is 1080. The molecule has 0 aliphatic carbocycles. The molecular formula is C16H11FN4O4. The Morgan fingerprint density at radius 2 is 2.08 bits per heavy atom. The molecule has 0 unspecified atom stereocenters.